The number of carbonyl (C=O) groups excluding carboxylic acids is 2. The van der Waals surface area contributed by atoms with Crippen LogP contribution in [0.2, 0.25) is 0 Å². The number of piperidine rings is 1. The van der Waals surface area contributed by atoms with Crippen LogP contribution in [0.3, 0.4) is 0 Å². The minimum absolute atomic E-state index is 0.0683. The Hall–Kier alpha value is -3.43. The highest BCUT2D eigenvalue weighted by molar-refractivity contribution is 7.89. The Labute approximate surface area is 192 Å². The van der Waals surface area contributed by atoms with Crippen molar-refractivity contribution in [3.05, 3.63) is 72.5 Å². The zero-order valence-electron chi connectivity index (χ0n) is 18.2. The Kier molecular flexibility index (Phi) is 6.35. The lowest BCUT2D eigenvalue weighted by atomic mass is 10.1. The topological polar surface area (TPSA) is 109 Å². The normalized spacial score (nSPS) is 15.3. The Balaban J connectivity index is 1.42. The molecule has 4 rings (SSSR count). The van der Waals surface area contributed by atoms with Crippen LogP contribution >= 0.6 is 0 Å². The molecular formula is C24H25N3O5S. The minimum atomic E-state index is -3.67. The van der Waals surface area contributed by atoms with Crippen LogP contribution < -0.4 is 10.6 Å². The van der Waals surface area contributed by atoms with Gasteiger partial charge in [-0.3, -0.25) is 9.59 Å². The summed E-state index contributed by atoms with van der Waals surface area (Å²) in [5.41, 5.74) is 1.84. The third-order valence-corrected chi connectivity index (χ3v) is 7.70. The summed E-state index contributed by atoms with van der Waals surface area (Å²) in [6.45, 7) is 5.88. The average molecular weight is 468 g/mol. The molecule has 0 saturated carbocycles. The third-order valence-electron chi connectivity index (χ3n) is 5.79. The van der Waals surface area contributed by atoms with Gasteiger partial charge in [0.15, 0.2) is 5.76 Å². The van der Waals surface area contributed by atoms with Gasteiger partial charge in [-0.15, -0.1) is 0 Å². The van der Waals surface area contributed by atoms with Crippen molar-refractivity contribution in [2.45, 2.75) is 30.7 Å². The maximum Gasteiger partial charge on any atom is 0.291 e. The second-order valence-electron chi connectivity index (χ2n) is 7.92. The maximum atomic E-state index is 13.0. The van der Waals surface area contributed by atoms with E-state index in [1.54, 1.807) is 18.2 Å². The number of carbonyl (C=O) groups is 2. The van der Waals surface area contributed by atoms with Crippen LogP contribution in [-0.2, 0) is 14.8 Å². The number of nitrogens with one attached hydrogen (secondary N) is 2. The number of amides is 2. The van der Waals surface area contributed by atoms with Crippen molar-refractivity contribution < 1.29 is 22.4 Å². The molecule has 0 radical (unpaired) electrons. The molecule has 1 aliphatic rings. The van der Waals surface area contributed by atoms with Crippen molar-refractivity contribution in [1.29, 1.82) is 0 Å². The molecule has 0 aliphatic carbocycles. The molecule has 2 N–H and O–H groups in total. The molecule has 8 nitrogen and oxygen atoms in total. The van der Waals surface area contributed by atoms with E-state index in [0.29, 0.717) is 37.2 Å². The lowest BCUT2D eigenvalue weighted by Crippen LogP contribution is -2.46. The number of sulfonamides is 1. The first-order valence-corrected chi connectivity index (χ1v) is 12.1. The Morgan fingerprint density at radius 1 is 1.09 bits per heavy atom. The number of benzene rings is 2. The maximum absolute atomic E-state index is 13.0. The molecule has 33 heavy (non-hydrogen) atoms. The molecule has 9 heteroatoms. The Morgan fingerprint density at radius 2 is 1.76 bits per heavy atom. The lowest BCUT2D eigenvalue weighted by Gasteiger charge is -2.31. The molecule has 0 bridgehead atoms. The van der Waals surface area contributed by atoms with Gasteiger partial charge in [0.1, 0.15) is 5.58 Å². The number of hydrogen-bond acceptors (Lipinski definition) is 5. The summed E-state index contributed by atoms with van der Waals surface area (Å²) in [7, 11) is -3.67. The first-order chi connectivity index (χ1) is 15.8. The van der Waals surface area contributed by atoms with E-state index in [4.69, 9.17) is 4.42 Å². The predicted molar refractivity (Wildman–Crippen MR) is 125 cm³/mol. The number of rotatable bonds is 6. The van der Waals surface area contributed by atoms with Gasteiger partial charge in [0.05, 0.1) is 4.90 Å². The molecule has 1 aromatic heterocycles. The minimum Gasteiger partial charge on any atom is -0.451 e. The molecule has 2 amide bonds. The molecule has 1 fully saturated rings. The number of furan rings is 1. The van der Waals surface area contributed by atoms with E-state index in [9.17, 15) is 18.0 Å². The summed E-state index contributed by atoms with van der Waals surface area (Å²) in [4.78, 5) is 24.3. The average Bonchev–Trinajstić information content (AvgIpc) is 3.16. The van der Waals surface area contributed by atoms with Crippen molar-refractivity contribution >= 4 is 38.5 Å². The van der Waals surface area contributed by atoms with Crippen LogP contribution in [0.15, 0.2) is 70.5 Å². The summed E-state index contributed by atoms with van der Waals surface area (Å²) in [6, 6.07) is 13.4. The van der Waals surface area contributed by atoms with Crippen molar-refractivity contribution in [2.75, 3.05) is 18.4 Å². The smallest absolute Gasteiger partial charge is 0.291 e. The second-order valence-corrected chi connectivity index (χ2v) is 9.86. The fourth-order valence-corrected chi connectivity index (χ4v) is 5.41. The quantitative estimate of drug-likeness (QED) is 0.540. The van der Waals surface area contributed by atoms with Crippen LogP contribution in [0.25, 0.3) is 11.0 Å². The van der Waals surface area contributed by atoms with Gasteiger partial charge in [-0.1, -0.05) is 24.8 Å². The van der Waals surface area contributed by atoms with Crippen molar-refractivity contribution in [1.82, 2.24) is 9.62 Å². The van der Waals surface area contributed by atoms with Crippen LogP contribution in [0.1, 0.15) is 29.0 Å². The van der Waals surface area contributed by atoms with Gasteiger partial charge in [-0.25, -0.2) is 8.42 Å². The second kappa shape index (κ2) is 9.21. The number of hydrogen-bond donors (Lipinski definition) is 2. The highest BCUT2D eigenvalue weighted by Gasteiger charge is 2.29. The summed E-state index contributed by atoms with van der Waals surface area (Å²) in [5.74, 6) is -0.436. The zero-order chi connectivity index (χ0) is 23.6. The molecule has 1 aliphatic heterocycles. The number of anilines is 1. The van der Waals surface area contributed by atoms with E-state index in [-0.39, 0.29) is 22.6 Å². The summed E-state index contributed by atoms with van der Waals surface area (Å²) in [5, 5.41) is 6.44. The van der Waals surface area contributed by atoms with E-state index in [2.05, 4.69) is 17.2 Å². The van der Waals surface area contributed by atoms with E-state index in [1.165, 1.54) is 22.5 Å². The third kappa shape index (κ3) is 4.69. The van der Waals surface area contributed by atoms with Gasteiger partial charge in [0, 0.05) is 35.8 Å². The van der Waals surface area contributed by atoms with Gasteiger partial charge in [0.25, 0.3) is 5.91 Å². The number of para-hydroxylation sites is 1. The summed E-state index contributed by atoms with van der Waals surface area (Å²) < 4.78 is 33.1. The first kappa shape index (κ1) is 22.8. The van der Waals surface area contributed by atoms with E-state index in [1.807, 2.05) is 25.1 Å². The Bertz CT molecular complexity index is 1300. The number of aryl methyl sites for hydroxylation is 1. The molecule has 2 heterocycles. The summed E-state index contributed by atoms with van der Waals surface area (Å²) >= 11 is 0. The van der Waals surface area contributed by atoms with E-state index >= 15 is 0 Å². The lowest BCUT2D eigenvalue weighted by molar-refractivity contribution is -0.117. The highest BCUT2D eigenvalue weighted by Crippen LogP contribution is 2.26. The Morgan fingerprint density at radius 3 is 2.39 bits per heavy atom. The van der Waals surface area contributed by atoms with Crippen molar-refractivity contribution in [3.63, 3.8) is 0 Å². The molecule has 0 atom stereocenters. The highest BCUT2D eigenvalue weighted by atomic mass is 32.2. The van der Waals surface area contributed by atoms with Crippen LogP contribution in [0.4, 0.5) is 5.69 Å². The molecule has 2 aromatic carbocycles. The monoisotopic (exact) mass is 467 g/mol. The number of fused-ring (bicyclic) bond motifs is 1. The van der Waals surface area contributed by atoms with Gasteiger partial charge >= 0.3 is 0 Å². The van der Waals surface area contributed by atoms with Crippen LogP contribution in [0.5, 0.6) is 0 Å². The van der Waals surface area contributed by atoms with E-state index < -0.39 is 15.9 Å². The zero-order valence-corrected chi connectivity index (χ0v) is 19.0. The van der Waals surface area contributed by atoms with E-state index in [0.717, 1.165) is 10.9 Å². The van der Waals surface area contributed by atoms with Gasteiger partial charge < -0.3 is 15.1 Å². The molecular weight excluding hydrogens is 442 g/mol. The standard InChI is InChI=1S/C24H25N3O5S/c1-3-22(28)25-18-12-14-27(15-13-18)33(30,31)19-10-8-17(9-11-19)26-24(29)23-16(2)20-6-4-5-7-21(20)32-23/h3-11,18H,1,12-15H2,2H3,(H,25,28)(H,26,29). The first-order valence-electron chi connectivity index (χ1n) is 10.6. The largest absolute Gasteiger partial charge is 0.451 e. The van der Waals surface area contributed by atoms with Crippen molar-refractivity contribution in [3.8, 4) is 0 Å². The fourth-order valence-electron chi connectivity index (χ4n) is 3.94. The van der Waals surface area contributed by atoms with Crippen LogP contribution in [0, 0.1) is 6.92 Å². The molecule has 0 unspecified atom stereocenters. The van der Waals surface area contributed by atoms with Gasteiger partial charge in [-0.05, 0) is 56.2 Å². The summed E-state index contributed by atoms with van der Waals surface area (Å²) in [6.07, 6.45) is 2.27. The van der Waals surface area contributed by atoms with Gasteiger partial charge in [0.2, 0.25) is 15.9 Å². The number of nitrogens with zero attached hydrogens (tertiary/aromatic N) is 1. The SMILES string of the molecule is C=CC(=O)NC1CCN(S(=O)(=O)c2ccc(NC(=O)c3oc4ccccc4c3C)cc2)CC1. The van der Waals surface area contributed by atoms with Crippen molar-refractivity contribution in [2.24, 2.45) is 0 Å². The van der Waals surface area contributed by atoms with Gasteiger partial charge in [-0.2, -0.15) is 4.31 Å². The molecule has 172 valence electrons. The molecule has 3 aromatic rings. The van der Waals surface area contributed by atoms with Crippen LogP contribution in [-0.4, -0.2) is 43.7 Å². The fraction of sp³-hybridized carbons (Fsp3) is 0.250. The molecule has 0 spiro atoms. The predicted octanol–water partition coefficient (Wildman–Crippen LogP) is 3.45. The molecule has 1 saturated heterocycles.